The highest BCUT2D eigenvalue weighted by Crippen LogP contribution is 2.28. The molecule has 6 heteroatoms. The summed E-state index contributed by atoms with van der Waals surface area (Å²) in [7, 11) is 1.52. The average Bonchev–Trinajstić information content (AvgIpc) is 2.57. The van der Waals surface area contributed by atoms with Gasteiger partial charge in [0.05, 0.1) is 12.8 Å². The number of aryl methyl sites for hydroxylation is 2. The van der Waals surface area contributed by atoms with Crippen LogP contribution in [0.2, 0.25) is 0 Å². The fraction of sp³-hybridized carbons (Fsp3) is 0.263. The van der Waals surface area contributed by atoms with Crippen LogP contribution in [0.15, 0.2) is 36.4 Å². The third kappa shape index (κ3) is 4.81. The minimum Gasteiger partial charge on any atom is -0.495 e. The van der Waals surface area contributed by atoms with Gasteiger partial charge in [0.2, 0.25) is 5.91 Å². The lowest BCUT2D eigenvalue weighted by molar-refractivity contribution is -0.116. The largest absolute Gasteiger partial charge is 0.495 e. The number of ether oxygens (including phenoxy) is 1. The zero-order valence-corrected chi connectivity index (χ0v) is 14.7. The number of nitrogens with two attached hydrogens (primary N) is 1. The number of rotatable bonds is 6. The summed E-state index contributed by atoms with van der Waals surface area (Å²) in [5.74, 6) is 0.0838. The van der Waals surface area contributed by atoms with E-state index in [2.05, 4.69) is 10.6 Å². The standard InChI is InChI=1S/C19H23N3O3/c1-12-4-5-14(10-13(12)2)19(24)21-15-6-7-17(25-3)16(11-15)22-18(23)8-9-20/h4-7,10-11H,8-9,20H2,1-3H3,(H,21,24)(H,22,23). The Morgan fingerprint density at radius 2 is 1.80 bits per heavy atom. The molecule has 0 aromatic heterocycles. The van der Waals surface area contributed by atoms with Crippen LogP contribution in [0, 0.1) is 13.8 Å². The van der Waals surface area contributed by atoms with Crippen molar-refractivity contribution >= 4 is 23.2 Å². The first-order valence-electron chi connectivity index (χ1n) is 8.01. The molecule has 0 aliphatic heterocycles. The lowest BCUT2D eigenvalue weighted by Crippen LogP contribution is -2.17. The Balaban J connectivity index is 2.19. The summed E-state index contributed by atoms with van der Waals surface area (Å²) >= 11 is 0. The maximum absolute atomic E-state index is 12.4. The Morgan fingerprint density at radius 1 is 1.04 bits per heavy atom. The zero-order valence-electron chi connectivity index (χ0n) is 14.7. The van der Waals surface area contributed by atoms with Crippen molar-refractivity contribution in [3.05, 3.63) is 53.1 Å². The summed E-state index contributed by atoms with van der Waals surface area (Å²) in [4.78, 5) is 24.2. The summed E-state index contributed by atoms with van der Waals surface area (Å²) in [6, 6.07) is 10.6. The number of hydrogen-bond acceptors (Lipinski definition) is 4. The van der Waals surface area contributed by atoms with Crippen LogP contribution < -0.4 is 21.1 Å². The van der Waals surface area contributed by atoms with Gasteiger partial charge in [0, 0.05) is 24.2 Å². The Labute approximate surface area is 147 Å². The lowest BCUT2D eigenvalue weighted by Gasteiger charge is -2.13. The van der Waals surface area contributed by atoms with E-state index in [9.17, 15) is 9.59 Å². The van der Waals surface area contributed by atoms with E-state index in [0.29, 0.717) is 22.7 Å². The molecule has 0 aliphatic rings. The van der Waals surface area contributed by atoms with Crippen molar-refractivity contribution in [1.82, 2.24) is 0 Å². The number of benzene rings is 2. The summed E-state index contributed by atoms with van der Waals surface area (Å²) in [5.41, 5.74) is 9.19. The van der Waals surface area contributed by atoms with E-state index in [0.717, 1.165) is 11.1 Å². The van der Waals surface area contributed by atoms with Gasteiger partial charge in [0.15, 0.2) is 0 Å². The minimum atomic E-state index is -0.215. The Morgan fingerprint density at radius 3 is 2.44 bits per heavy atom. The Bertz CT molecular complexity index is 787. The van der Waals surface area contributed by atoms with Crippen LogP contribution >= 0.6 is 0 Å². The molecule has 25 heavy (non-hydrogen) atoms. The first kappa shape index (κ1) is 18.5. The molecular formula is C19H23N3O3. The van der Waals surface area contributed by atoms with E-state index in [1.54, 1.807) is 24.3 Å². The van der Waals surface area contributed by atoms with E-state index >= 15 is 0 Å². The number of carbonyl (C=O) groups is 2. The number of nitrogens with one attached hydrogen (secondary N) is 2. The highest BCUT2D eigenvalue weighted by molar-refractivity contribution is 6.05. The van der Waals surface area contributed by atoms with E-state index in [1.807, 2.05) is 26.0 Å². The molecule has 2 aromatic carbocycles. The molecule has 0 heterocycles. The van der Waals surface area contributed by atoms with Gasteiger partial charge < -0.3 is 21.1 Å². The predicted octanol–water partition coefficient (Wildman–Crippen LogP) is 2.85. The van der Waals surface area contributed by atoms with Crippen molar-refractivity contribution in [1.29, 1.82) is 0 Å². The van der Waals surface area contributed by atoms with Crippen molar-refractivity contribution in [3.8, 4) is 5.75 Å². The second-order valence-electron chi connectivity index (χ2n) is 5.76. The van der Waals surface area contributed by atoms with Crippen molar-refractivity contribution < 1.29 is 14.3 Å². The van der Waals surface area contributed by atoms with E-state index in [4.69, 9.17) is 10.5 Å². The summed E-state index contributed by atoms with van der Waals surface area (Å²) < 4.78 is 5.24. The molecule has 4 N–H and O–H groups in total. The molecule has 0 atom stereocenters. The maximum Gasteiger partial charge on any atom is 0.255 e. The summed E-state index contributed by atoms with van der Waals surface area (Å²) in [6.45, 7) is 4.22. The van der Waals surface area contributed by atoms with Gasteiger partial charge in [-0.15, -0.1) is 0 Å². The fourth-order valence-electron chi connectivity index (χ4n) is 2.31. The first-order chi connectivity index (χ1) is 11.9. The van der Waals surface area contributed by atoms with Gasteiger partial charge >= 0.3 is 0 Å². The maximum atomic E-state index is 12.4. The minimum absolute atomic E-state index is 0.210. The molecule has 2 amide bonds. The molecule has 2 aromatic rings. The Hall–Kier alpha value is -2.86. The molecular weight excluding hydrogens is 318 g/mol. The average molecular weight is 341 g/mol. The van der Waals surface area contributed by atoms with Crippen LogP contribution in [0.5, 0.6) is 5.75 Å². The van der Waals surface area contributed by atoms with Gasteiger partial charge in [0.25, 0.3) is 5.91 Å². The zero-order chi connectivity index (χ0) is 18.4. The second-order valence-corrected chi connectivity index (χ2v) is 5.76. The van der Waals surface area contributed by atoms with Crippen LogP contribution in [0.25, 0.3) is 0 Å². The van der Waals surface area contributed by atoms with Crippen LogP contribution in [-0.4, -0.2) is 25.5 Å². The number of hydrogen-bond donors (Lipinski definition) is 3. The van der Waals surface area contributed by atoms with Gasteiger partial charge in [-0.3, -0.25) is 9.59 Å². The molecule has 6 nitrogen and oxygen atoms in total. The number of anilines is 2. The van der Waals surface area contributed by atoms with Crippen LogP contribution in [-0.2, 0) is 4.79 Å². The van der Waals surface area contributed by atoms with Crippen LogP contribution in [0.3, 0.4) is 0 Å². The SMILES string of the molecule is COc1ccc(NC(=O)c2ccc(C)c(C)c2)cc1NC(=O)CCN. The van der Waals surface area contributed by atoms with E-state index in [-0.39, 0.29) is 24.8 Å². The number of methoxy groups -OCH3 is 1. The predicted molar refractivity (Wildman–Crippen MR) is 99.2 cm³/mol. The van der Waals surface area contributed by atoms with E-state index in [1.165, 1.54) is 7.11 Å². The van der Waals surface area contributed by atoms with Gasteiger partial charge in [-0.25, -0.2) is 0 Å². The molecule has 0 saturated carbocycles. The molecule has 132 valence electrons. The topological polar surface area (TPSA) is 93.5 Å². The van der Waals surface area contributed by atoms with Gasteiger partial charge in [0.1, 0.15) is 5.75 Å². The summed E-state index contributed by atoms with van der Waals surface area (Å²) in [5, 5.41) is 5.57. The molecule has 0 aliphatic carbocycles. The molecule has 0 fully saturated rings. The van der Waals surface area contributed by atoms with Gasteiger partial charge in [-0.2, -0.15) is 0 Å². The highest BCUT2D eigenvalue weighted by Gasteiger charge is 2.11. The third-order valence-electron chi connectivity index (χ3n) is 3.87. The lowest BCUT2D eigenvalue weighted by atomic mass is 10.1. The number of carbonyl (C=O) groups excluding carboxylic acids is 2. The smallest absolute Gasteiger partial charge is 0.255 e. The van der Waals surface area contributed by atoms with Gasteiger partial charge in [-0.1, -0.05) is 6.07 Å². The second kappa shape index (κ2) is 8.30. The molecule has 0 radical (unpaired) electrons. The molecule has 0 saturated heterocycles. The molecule has 0 spiro atoms. The van der Waals surface area contributed by atoms with Crippen LogP contribution in [0.4, 0.5) is 11.4 Å². The molecule has 0 unspecified atom stereocenters. The monoisotopic (exact) mass is 341 g/mol. The first-order valence-corrected chi connectivity index (χ1v) is 8.01. The van der Waals surface area contributed by atoms with Crippen molar-refractivity contribution in [3.63, 3.8) is 0 Å². The molecule has 2 rings (SSSR count). The fourth-order valence-corrected chi connectivity index (χ4v) is 2.31. The van der Waals surface area contributed by atoms with Crippen molar-refractivity contribution in [2.24, 2.45) is 5.73 Å². The number of amides is 2. The quantitative estimate of drug-likeness (QED) is 0.753. The Kier molecular flexibility index (Phi) is 6.14. The summed E-state index contributed by atoms with van der Waals surface area (Å²) in [6.07, 6.45) is 0.211. The van der Waals surface area contributed by atoms with Crippen molar-refractivity contribution in [2.75, 3.05) is 24.3 Å². The van der Waals surface area contributed by atoms with E-state index < -0.39 is 0 Å². The van der Waals surface area contributed by atoms with Crippen molar-refractivity contribution in [2.45, 2.75) is 20.3 Å². The highest BCUT2D eigenvalue weighted by atomic mass is 16.5. The third-order valence-corrected chi connectivity index (χ3v) is 3.87. The van der Waals surface area contributed by atoms with Gasteiger partial charge in [-0.05, 0) is 55.3 Å². The van der Waals surface area contributed by atoms with Crippen LogP contribution in [0.1, 0.15) is 27.9 Å². The molecule has 0 bridgehead atoms. The normalized spacial score (nSPS) is 10.2.